The molecule has 0 aromatic carbocycles. The van der Waals surface area contributed by atoms with E-state index in [2.05, 4.69) is 0 Å². The van der Waals surface area contributed by atoms with Crippen LogP contribution in [0.3, 0.4) is 0 Å². The van der Waals surface area contributed by atoms with Crippen LogP contribution in [0.5, 0.6) is 0 Å². The molecular formula is C17H28N2O3. The summed E-state index contributed by atoms with van der Waals surface area (Å²) >= 11 is 0. The van der Waals surface area contributed by atoms with Gasteiger partial charge in [0.15, 0.2) is 0 Å². The molecule has 1 aliphatic carbocycles. The van der Waals surface area contributed by atoms with Crippen LogP contribution in [0, 0.1) is 0 Å². The molecule has 2 saturated heterocycles. The second-order valence-corrected chi connectivity index (χ2v) is 6.95. The van der Waals surface area contributed by atoms with Crippen molar-refractivity contribution >= 4 is 11.8 Å². The van der Waals surface area contributed by atoms with Gasteiger partial charge in [-0.15, -0.1) is 0 Å². The highest BCUT2D eigenvalue weighted by Crippen LogP contribution is 2.36. The molecule has 2 aliphatic heterocycles. The van der Waals surface area contributed by atoms with Gasteiger partial charge in [-0.05, 0) is 32.1 Å². The van der Waals surface area contributed by atoms with E-state index >= 15 is 0 Å². The summed E-state index contributed by atoms with van der Waals surface area (Å²) in [5.74, 6) is 0.262. The van der Waals surface area contributed by atoms with Gasteiger partial charge >= 0.3 is 0 Å². The Morgan fingerprint density at radius 3 is 2.64 bits per heavy atom. The maximum Gasteiger partial charge on any atom is 0.245 e. The fourth-order valence-electron chi connectivity index (χ4n) is 4.26. The number of morpholine rings is 1. The van der Waals surface area contributed by atoms with Crippen molar-refractivity contribution in [3.63, 3.8) is 0 Å². The van der Waals surface area contributed by atoms with Gasteiger partial charge in [-0.2, -0.15) is 0 Å². The predicted octanol–water partition coefficient (Wildman–Crippen LogP) is 1.95. The second-order valence-electron chi connectivity index (χ2n) is 6.95. The average Bonchev–Trinajstić information content (AvgIpc) is 3.01. The van der Waals surface area contributed by atoms with Crippen LogP contribution >= 0.6 is 0 Å². The van der Waals surface area contributed by atoms with E-state index < -0.39 is 0 Å². The van der Waals surface area contributed by atoms with Crippen molar-refractivity contribution in [2.24, 2.45) is 0 Å². The molecule has 5 nitrogen and oxygen atoms in total. The van der Waals surface area contributed by atoms with Crippen LogP contribution < -0.4 is 0 Å². The summed E-state index contributed by atoms with van der Waals surface area (Å²) in [4.78, 5) is 28.9. The van der Waals surface area contributed by atoms with Crippen LogP contribution in [0.25, 0.3) is 0 Å². The van der Waals surface area contributed by atoms with Gasteiger partial charge in [-0.25, -0.2) is 0 Å². The number of rotatable bonds is 2. The molecule has 2 amide bonds. The third kappa shape index (κ3) is 3.00. The lowest BCUT2D eigenvalue weighted by atomic mass is 9.96. The summed E-state index contributed by atoms with van der Waals surface area (Å²) in [5.41, 5.74) is -0.0951. The van der Waals surface area contributed by atoms with E-state index in [0.29, 0.717) is 19.6 Å². The quantitative estimate of drug-likeness (QED) is 0.783. The normalized spacial score (nSPS) is 28.1. The Morgan fingerprint density at radius 2 is 1.91 bits per heavy atom. The Labute approximate surface area is 133 Å². The van der Waals surface area contributed by atoms with Crippen molar-refractivity contribution in [2.75, 3.05) is 26.2 Å². The maximum absolute atomic E-state index is 13.0. The van der Waals surface area contributed by atoms with Crippen LogP contribution in [0.2, 0.25) is 0 Å². The summed E-state index contributed by atoms with van der Waals surface area (Å²) in [5, 5.41) is 0. The topological polar surface area (TPSA) is 49.9 Å². The number of nitrogens with zero attached hydrogens (tertiary/aromatic N) is 2. The van der Waals surface area contributed by atoms with E-state index in [4.69, 9.17) is 4.74 Å². The molecule has 3 rings (SSSR count). The SMILES string of the molecule is CCC(=O)N1CCCC[C@H]1C(=O)N1CCOC2(CCCC2)C1. The highest BCUT2D eigenvalue weighted by Gasteiger charge is 2.43. The number of hydrogen-bond donors (Lipinski definition) is 0. The number of likely N-dealkylation sites (tertiary alicyclic amines) is 1. The third-order valence-corrected chi connectivity index (χ3v) is 5.49. The highest BCUT2D eigenvalue weighted by atomic mass is 16.5. The number of hydrogen-bond acceptors (Lipinski definition) is 3. The van der Waals surface area contributed by atoms with Crippen LogP contribution in [0.15, 0.2) is 0 Å². The van der Waals surface area contributed by atoms with Crippen molar-refractivity contribution < 1.29 is 14.3 Å². The minimum absolute atomic E-state index is 0.0951. The van der Waals surface area contributed by atoms with E-state index in [-0.39, 0.29) is 23.5 Å². The zero-order valence-electron chi connectivity index (χ0n) is 13.7. The molecule has 0 N–H and O–H groups in total. The van der Waals surface area contributed by atoms with Gasteiger partial charge in [-0.1, -0.05) is 19.8 Å². The molecule has 1 saturated carbocycles. The molecule has 2 heterocycles. The zero-order valence-corrected chi connectivity index (χ0v) is 13.7. The molecule has 0 aromatic heterocycles. The molecule has 1 spiro atoms. The third-order valence-electron chi connectivity index (χ3n) is 5.49. The largest absolute Gasteiger partial charge is 0.371 e. The van der Waals surface area contributed by atoms with E-state index in [1.165, 1.54) is 12.8 Å². The number of amides is 2. The van der Waals surface area contributed by atoms with Gasteiger partial charge in [0.1, 0.15) is 6.04 Å². The monoisotopic (exact) mass is 308 g/mol. The Morgan fingerprint density at radius 1 is 1.14 bits per heavy atom. The molecule has 0 unspecified atom stereocenters. The molecule has 22 heavy (non-hydrogen) atoms. The maximum atomic E-state index is 13.0. The first kappa shape index (κ1) is 15.8. The van der Waals surface area contributed by atoms with Crippen molar-refractivity contribution in [3.05, 3.63) is 0 Å². The molecule has 0 radical (unpaired) electrons. The van der Waals surface area contributed by atoms with Crippen molar-refractivity contribution in [3.8, 4) is 0 Å². The fraction of sp³-hybridized carbons (Fsp3) is 0.882. The average molecular weight is 308 g/mol. The Bertz CT molecular complexity index is 432. The minimum atomic E-state index is -0.238. The summed E-state index contributed by atoms with van der Waals surface area (Å²) in [6, 6.07) is -0.238. The van der Waals surface area contributed by atoms with E-state index in [0.717, 1.165) is 45.2 Å². The Balaban J connectivity index is 1.69. The van der Waals surface area contributed by atoms with Crippen molar-refractivity contribution in [1.82, 2.24) is 9.80 Å². The molecule has 124 valence electrons. The van der Waals surface area contributed by atoms with Gasteiger partial charge in [0.25, 0.3) is 0 Å². The van der Waals surface area contributed by atoms with Crippen LogP contribution in [-0.4, -0.2) is 59.5 Å². The van der Waals surface area contributed by atoms with E-state index in [9.17, 15) is 9.59 Å². The van der Waals surface area contributed by atoms with Gasteiger partial charge in [0, 0.05) is 26.1 Å². The first-order valence-corrected chi connectivity index (χ1v) is 8.87. The number of carbonyl (C=O) groups is 2. The number of carbonyl (C=O) groups excluding carboxylic acids is 2. The summed E-state index contributed by atoms with van der Waals surface area (Å²) < 4.78 is 6.02. The van der Waals surface area contributed by atoms with Crippen LogP contribution in [0.4, 0.5) is 0 Å². The van der Waals surface area contributed by atoms with E-state index in [1.807, 2.05) is 16.7 Å². The van der Waals surface area contributed by atoms with Gasteiger partial charge in [0.2, 0.25) is 11.8 Å². The molecule has 1 atom stereocenters. The smallest absolute Gasteiger partial charge is 0.245 e. The lowest BCUT2D eigenvalue weighted by Gasteiger charge is -2.44. The van der Waals surface area contributed by atoms with Crippen LogP contribution in [-0.2, 0) is 14.3 Å². The van der Waals surface area contributed by atoms with E-state index in [1.54, 1.807) is 0 Å². The molecule has 3 fully saturated rings. The zero-order chi connectivity index (χ0) is 15.6. The summed E-state index contributed by atoms with van der Waals surface area (Å²) in [6.45, 7) is 4.64. The summed E-state index contributed by atoms with van der Waals surface area (Å²) in [6.07, 6.45) is 7.89. The lowest BCUT2D eigenvalue weighted by molar-refractivity contribution is -0.159. The van der Waals surface area contributed by atoms with Crippen molar-refractivity contribution in [1.29, 1.82) is 0 Å². The standard InChI is InChI=1S/C17H28N2O3/c1-2-15(20)19-10-6-3-7-14(19)16(21)18-11-12-22-17(13-18)8-4-5-9-17/h14H,2-13H2,1H3/t14-/m0/s1. The van der Waals surface area contributed by atoms with Crippen LogP contribution in [0.1, 0.15) is 58.3 Å². The van der Waals surface area contributed by atoms with Crippen molar-refractivity contribution in [2.45, 2.75) is 69.9 Å². The lowest BCUT2D eigenvalue weighted by Crippen LogP contribution is -2.58. The second kappa shape index (κ2) is 6.57. The Kier molecular flexibility index (Phi) is 4.71. The molecule has 5 heteroatoms. The highest BCUT2D eigenvalue weighted by molar-refractivity contribution is 5.88. The Hall–Kier alpha value is -1.10. The molecule has 0 bridgehead atoms. The minimum Gasteiger partial charge on any atom is -0.371 e. The first-order valence-electron chi connectivity index (χ1n) is 8.87. The molecule has 0 aromatic rings. The molecule has 3 aliphatic rings. The summed E-state index contributed by atoms with van der Waals surface area (Å²) in [7, 11) is 0. The predicted molar refractivity (Wildman–Crippen MR) is 83.4 cm³/mol. The van der Waals surface area contributed by atoms with Gasteiger partial charge < -0.3 is 14.5 Å². The number of piperidine rings is 1. The fourth-order valence-corrected chi connectivity index (χ4v) is 4.26. The molecular weight excluding hydrogens is 280 g/mol. The first-order chi connectivity index (χ1) is 10.7. The van der Waals surface area contributed by atoms with Gasteiger partial charge in [0.05, 0.1) is 12.2 Å². The number of ether oxygens (including phenoxy) is 1. The van der Waals surface area contributed by atoms with Gasteiger partial charge in [-0.3, -0.25) is 9.59 Å².